The molecule has 0 heterocycles. The number of para-hydroxylation sites is 1. The van der Waals surface area contributed by atoms with E-state index >= 15 is 0 Å². The summed E-state index contributed by atoms with van der Waals surface area (Å²) in [6, 6.07) is 5.35. The van der Waals surface area contributed by atoms with Gasteiger partial charge in [0, 0.05) is 18.2 Å². The van der Waals surface area contributed by atoms with Gasteiger partial charge in [-0.2, -0.15) is 0 Å². The Morgan fingerprint density at radius 3 is 2.68 bits per heavy atom. The molecule has 1 atom stereocenters. The van der Waals surface area contributed by atoms with Gasteiger partial charge >= 0.3 is 7.12 Å². The molecule has 0 amide bonds. The molecule has 0 radical (unpaired) electrons. The second-order valence-electron chi connectivity index (χ2n) is 5.41. The Balaban J connectivity index is 2.07. The van der Waals surface area contributed by atoms with Crippen LogP contribution >= 0.6 is 0 Å². The topological polar surface area (TPSA) is 77.8 Å². The molecule has 1 aromatic carbocycles. The van der Waals surface area contributed by atoms with Crippen LogP contribution in [0.15, 0.2) is 18.2 Å². The van der Waals surface area contributed by atoms with Crippen molar-refractivity contribution in [3.8, 4) is 5.75 Å². The molecule has 5 heteroatoms. The van der Waals surface area contributed by atoms with Crippen molar-refractivity contribution >= 4 is 12.9 Å². The molecule has 1 aliphatic rings. The van der Waals surface area contributed by atoms with E-state index in [0.29, 0.717) is 12.0 Å². The molecule has 3 N–H and O–H groups in total. The van der Waals surface area contributed by atoms with Crippen LogP contribution in [-0.4, -0.2) is 28.1 Å². The van der Waals surface area contributed by atoms with E-state index in [9.17, 15) is 19.9 Å². The molecule has 4 nitrogen and oxygen atoms in total. The van der Waals surface area contributed by atoms with Crippen LogP contribution in [0.3, 0.4) is 0 Å². The van der Waals surface area contributed by atoms with Gasteiger partial charge in [-0.3, -0.25) is 4.79 Å². The number of phenols is 1. The summed E-state index contributed by atoms with van der Waals surface area (Å²) in [6.45, 7) is 1.79. The number of carbonyl (C=O) groups excluding carboxylic acids is 1. The number of rotatable bonds is 6. The van der Waals surface area contributed by atoms with Crippen molar-refractivity contribution in [3.05, 3.63) is 29.3 Å². The van der Waals surface area contributed by atoms with E-state index in [1.54, 1.807) is 19.1 Å². The summed E-state index contributed by atoms with van der Waals surface area (Å²) in [5.41, 5.74) is 1.40. The van der Waals surface area contributed by atoms with E-state index in [2.05, 4.69) is 0 Å². The zero-order valence-electron chi connectivity index (χ0n) is 11.0. The summed E-state index contributed by atoms with van der Waals surface area (Å²) in [5, 5.41) is 28.7. The van der Waals surface area contributed by atoms with Crippen LogP contribution in [0, 0.1) is 12.8 Å². The summed E-state index contributed by atoms with van der Waals surface area (Å²) in [4.78, 5) is 11.8. The monoisotopic (exact) mass is 262 g/mol. The summed E-state index contributed by atoms with van der Waals surface area (Å²) in [7, 11) is -1.54. The maximum absolute atomic E-state index is 11.8. The average molecular weight is 262 g/mol. The van der Waals surface area contributed by atoms with Crippen LogP contribution in [0.2, 0.25) is 5.82 Å². The zero-order valence-corrected chi connectivity index (χ0v) is 11.0. The molecule has 1 aliphatic carbocycles. The zero-order chi connectivity index (χ0) is 14.0. The number of aryl methyl sites for hydroxylation is 1. The fourth-order valence-corrected chi connectivity index (χ4v) is 2.28. The number of hydrogen-bond acceptors (Lipinski definition) is 4. The third-order valence-corrected chi connectivity index (χ3v) is 3.72. The van der Waals surface area contributed by atoms with Gasteiger partial charge in [0.2, 0.25) is 0 Å². The normalized spacial score (nSPS) is 16.2. The molecule has 0 bridgehead atoms. The van der Waals surface area contributed by atoms with Gasteiger partial charge in [0.15, 0.2) is 0 Å². The highest BCUT2D eigenvalue weighted by molar-refractivity contribution is 6.43. The number of ketones is 1. The van der Waals surface area contributed by atoms with Gasteiger partial charge in [0.25, 0.3) is 0 Å². The molecule has 102 valence electrons. The Hall–Kier alpha value is -1.33. The molecular formula is C14H19BO4. The van der Waals surface area contributed by atoms with E-state index in [1.807, 2.05) is 6.07 Å². The lowest BCUT2D eigenvalue weighted by Crippen LogP contribution is -2.25. The number of carbonyl (C=O) groups is 1. The molecule has 19 heavy (non-hydrogen) atoms. The minimum atomic E-state index is -1.54. The van der Waals surface area contributed by atoms with Crippen LogP contribution in [0.4, 0.5) is 0 Å². The molecule has 1 fully saturated rings. The predicted octanol–water partition coefficient (Wildman–Crippen LogP) is 1.46. The van der Waals surface area contributed by atoms with Crippen molar-refractivity contribution < 1.29 is 19.9 Å². The molecule has 2 rings (SSSR count). The number of Topliss-reactive ketones (excluding diaryl/α,β-unsaturated/α-hetero) is 1. The lowest BCUT2D eigenvalue weighted by molar-refractivity contribution is -0.120. The minimum Gasteiger partial charge on any atom is -0.507 e. The fraction of sp³-hybridized carbons (Fsp3) is 0.500. The first-order chi connectivity index (χ1) is 8.99. The smallest absolute Gasteiger partial charge is 0.455 e. The Morgan fingerprint density at radius 1 is 1.42 bits per heavy atom. The maximum atomic E-state index is 11.8. The summed E-state index contributed by atoms with van der Waals surface area (Å²) in [5.74, 6) is -0.162. The van der Waals surface area contributed by atoms with Gasteiger partial charge in [-0.25, -0.2) is 0 Å². The molecule has 1 aromatic rings. The quantitative estimate of drug-likeness (QED) is 0.678. The number of hydrogen-bond donors (Lipinski definition) is 3. The molecule has 1 unspecified atom stereocenters. The molecule has 0 aromatic heterocycles. The number of phenolic OH excluding ortho intramolecular Hbond substituents is 1. The fourth-order valence-electron chi connectivity index (χ4n) is 2.28. The SMILES string of the molecule is Cc1cccc(CC(CC(=O)C2CC2)B(O)O)c1O. The van der Waals surface area contributed by atoms with Crippen LogP contribution in [0.25, 0.3) is 0 Å². The molecular weight excluding hydrogens is 243 g/mol. The van der Waals surface area contributed by atoms with Crippen LogP contribution in [0.1, 0.15) is 30.4 Å². The van der Waals surface area contributed by atoms with Crippen molar-refractivity contribution in [1.29, 1.82) is 0 Å². The van der Waals surface area contributed by atoms with Gasteiger partial charge in [0.05, 0.1) is 0 Å². The Kier molecular flexibility index (Phi) is 4.27. The summed E-state index contributed by atoms with van der Waals surface area (Å²) in [6.07, 6.45) is 2.30. The Labute approximate surface area is 113 Å². The second-order valence-corrected chi connectivity index (χ2v) is 5.41. The highest BCUT2D eigenvalue weighted by atomic mass is 16.4. The van der Waals surface area contributed by atoms with Crippen molar-refractivity contribution in [2.24, 2.45) is 5.92 Å². The van der Waals surface area contributed by atoms with E-state index in [4.69, 9.17) is 0 Å². The second kappa shape index (κ2) is 5.76. The van der Waals surface area contributed by atoms with Crippen molar-refractivity contribution in [3.63, 3.8) is 0 Å². The lowest BCUT2D eigenvalue weighted by atomic mass is 9.66. The number of benzene rings is 1. The minimum absolute atomic E-state index is 0.102. The standard InChI is InChI=1S/C14H19BO4/c1-9-3-2-4-11(14(9)17)7-12(15(18)19)8-13(16)10-5-6-10/h2-4,10,12,17-19H,5-8H2,1H3. The van der Waals surface area contributed by atoms with Gasteiger partial charge in [-0.05, 0) is 37.3 Å². The van der Waals surface area contributed by atoms with E-state index in [0.717, 1.165) is 18.4 Å². The highest BCUT2D eigenvalue weighted by Crippen LogP contribution is 2.35. The number of aromatic hydroxyl groups is 1. The summed E-state index contributed by atoms with van der Waals surface area (Å²) >= 11 is 0. The molecule has 0 aliphatic heterocycles. The predicted molar refractivity (Wildman–Crippen MR) is 72.8 cm³/mol. The first-order valence-electron chi connectivity index (χ1n) is 6.65. The van der Waals surface area contributed by atoms with E-state index in [1.165, 1.54) is 0 Å². The van der Waals surface area contributed by atoms with Gasteiger partial charge in [0.1, 0.15) is 11.5 Å². The molecule has 0 saturated heterocycles. The third kappa shape index (κ3) is 3.58. The van der Waals surface area contributed by atoms with Gasteiger partial charge in [-0.1, -0.05) is 18.2 Å². The van der Waals surface area contributed by atoms with Gasteiger partial charge in [-0.15, -0.1) is 0 Å². The summed E-state index contributed by atoms with van der Waals surface area (Å²) < 4.78 is 0. The highest BCUT2D eigenvalue weighted by Gasteiger charge is 2.34. The Morgan fingerprint density at radius 2 is 2.11 bits per heavy atom. The first kappa shape index (κ1) is 14.1. The van der Waals surface area contributed by atoms with Crippen LogP contribution in [-0.2, 0) is 11.2 Å². The van der Waals surface area contributed by atoms with E-state index in [-0.39, 0.29) is 23.9 Å². The third-order valence-electron chi connectivity index (χ3n) is 3.72. The van der Waals surface area contributed by atoms with E-state index < -0.39 is 12.9 Å². The Bertz CT molecular complexity index is 469. The molecule has 0 spiro atoms. The molecule has 1 saturated carbocycles. The largest absolute Gasteiger partial charge is 0.507 e. The average Bonchev–Trinajstić information content (AvgIpc) is 3.17. The van der Waals surface area contributed by atoms with Crippen LogP contribution in [0.5, 0.6) is 5.75 Å². The van der Waals surface area contributed by atoms with Crippen molar-refractivity contribution in [2.45, 2.75) is 38.4 Å². The maximum Gasteiger partial charge on any atom is 0.455 e. The van der Waals surface area contributed by atoms with Crippen molar-refractivity contribution in [1.82, 2.24) is 0 Å². The van der Waals surface area contributed by atoms with Crippen LogP contribution < -0.4 is 0 Å². The first-order valence-corrected chi connectivity index (χ1v) is 6.65. The van der Waals surface area contributed by atoms with Crippen molar-refractivity contribution in [2.75, 3.05) is 0 Å². The lowest BCUT2D eigenvalue weighted by Gasteiger charge is -2.16. The van der Waals surface area contributed by atoms with Gasteiger partial charge < -0.3 is 15.2 Å².